The van der Waals surface area contributed by atoms with Crippen LogP contribution in [0.5, 0.6) is 0 Å². The first-order chi connectivity index (χ1) is 9.52. The van der Waals surface area contributed by atoms with Crippen LogP contribution in [-0.4, -0.2) is 41.8 Å². The van der Waals surface area contributed by atoms with Gasteiger partial charge in [0.25, 0.3) is 5.91 Å². The summed E-state index contributed by atoms with van der Waals surface area (Å²) in [7, 11) is 1.60. The number of hydrogen-bond donors (Lipinski definition) is 3. The standard InChI is InChI=1S/C14H18N4O2/c1-3-16-13(19)8-18(2)14(20)11-7-17-12-5-4-9(15)6-10(11)12/h4-7,17H,3,8,15H2,1-2H3,(H,16,19). The van der Waals surface area contributed by atoms with Crippen LogP contribution in [0.3, 0.4) is 0 Å². The van der Waals surface area contributed by atoms with E-state index in [0.29, 0.717) is 17.8 Å². The van der Waals surface area contributed by atoms with Gasteiger partial charge in [0.2, 0.25) is 5.91 Å². The molecule has 0 bridgehead atoms. The Morgan fingerprint density at radius 1 is 1.40 bits per heavy atom. The largest absolute Gasteiger partial charge is 0.399 e. The predicted molar refractivity (Wildman–Crippen MR) is 78.4 cm³/mol. The highest BCUT2D eigenvalue weighted by Gasteiger charge is 2.18. The molecular formula is C14H18N4O2. The SMILES string of the molecule is CCNC(=O)CN(C)C(=O)c1c[nH]c2ccc(N)cc12. The van der Waals surface area contributed by atoms with Gasteiger partial charge in [0.15, 0.2) is 0 Å². The first-order valence-electron chi connectivity index (χ1n) is 6.41. The lowest BCUT2D eigenvalue weighted by atomic mass is 10.1. The molecule has 0 aliphatic heterocycles. The Labute approximate surface area is 116 Å². The average Bonchev–Trinajstić information content (AvgIpc) is 2.80. The number of fused-ring (bicyclic) bond motifs is 1. The molecule has 0 aliphatic carbocycles. The summed E-state index contributed by atoms with van der Waals surface area (Å²) in [6.45, 7) is 2.41. The van der Waals surface area contributed by atoms with Crippen molar-refractivity contribution in [3.63, 3.8) is 0 Å². The Balaban J connectivity index is 2.22. The summed E-state index contributed by atoms with van der Waals surface area (Å²) in [5.74, 6) is -0.393. The number of carbonyl (C=O) groups excluding carboxylic acids is 2. The number of nitrogen functional groups attached to an aromatic ring is 1. The highest BCUT2D eigenvalue weighted by molar-refractivity contribution is 6.08. The zero-order valence-corrected chi connectivity index (χ0v) is 11.6. The molecule has 6 nitrogen and oxygen atoms in total. The summed E-state index contributed by atoms with van der Waals surface area (Å²) in [6, 6.07) is 5.34. The molecule has 2 rings (SSSR count). The number of hydrogen-bond acceptors (Lipinski definition) is 3. The molecule has 2 amide bonds. The van der Waals surface area contributed by atoms with Crippen molar-refractivity contribution >= 4 is 28.4 Å². The van der Waals surface area contributed by atoms with E-state index in [4.69, 9.17) is 5.73 Å². The Bertz CT molecular complexity index is 648. The number of benzene rings is 1. The number of likely N-dealkylation sites (N-methyl/N-ethyl adjacent to an activating group) is 2. The fourth-order valence-corrected chi connectivity index (χ4v) is 2.06. The second-order valence-electron chi connectivity index (χ2n) is 4.62. The van der Waals surface area contributed by atoms with Crippen LogP contribution in [-0.2, 0) is 4.79 Å². The van der Waals surface area contributed by atoms with E-state index in [2.05, 4.69) is 10.3 Å². The second-order valence-corrected chi connectivity index (χ2v) is 4.62. The average molecular weight is 274 g/mol. The molecule has 0 saturated heterocycles. The summed E-state index contributed by atoms with van der Waals surface area (Å²) in [5.41, 5.74) is 7.70. The molecule has 106 valence electrons. The summed E-state index contributed by atoms with van der Waals surface area (Å²) >= 11 is 0. The number of aromatic amines is 1. The lowest BCUT2D eigenvalue weighted by Gasteiger charge is -2.16. The zero-order valence-electron chi connectivity index (χ0n) is 11.6. The highest BCUT2D eigenvalue weighted by Crippen LogP contribution is 2.21. The van der Waals surface area contributed by atoms with Gasteiger partial charge >= 0.3 is 0 Å². The van der Waals surface area contributed by atoms with Crippen molar-refractivity contribution < 1.29 is 9.59 Å². The topological polar surface area (TPSA) is 91.2 Å². The molecule has 1 aromatic carbocycles. The number of amides is 2. The summed E-state index contributed by atoms with van der Waals surface area (Å²) in [5, 5.41) is 3.42. The maximum absolute atomic E-state index is 12.4. The summed E-state index contributed by atoms with van der Waals surface area (Å²) in [4.78, 5) is 28.3. The molecule has 6 heteroatoms. The monoisotopic (exact) mass is 274 g/mol. The molecule has 0 radical (unpaired) electrons. The van der Waals surface area contributed by atoms with Crippen LogP contribution in [0, 0.1) is 0 Å². The van der Waals surface area contributed by atoms with Gasteiger partial charge in [-0.15, -0.1) is 0 Å². The highest BCUT2D eigenvalue weighted by atomic mass is 16.2. The first-order valence-corrected chi connectivity index (χ1v) is 6.41. The zero-order chi connectivity index (χ0) is 14.7. The first kappa shape index (κ1) is 13.9. The van der Waals surface area contributed by atoms with Crippen LogP contribution in [0.1, 0.15) is 17.3 Å². The third-order valence-electron chi connectivity index (χ3n) is 3.04. The number of nitrogens with two attached hydrogens (primary N) is 1. The number of rotatable bonds is 4. The van der Waals surface area contributed by atoms with E-state index in [9.17, 15) is 9.59 Å². The van der Waals surface area contributed by atoms with Crippen molar-refractivity contribution in [2.75, 3.05) is 25.9 Å². The Morgan fingerprint density at radius 2 is 2.15 bits per heavy atom. The van der Waals surface area contributed by atoms with Gasteiger partial charge in [-0.25, -0.2) is 0 Å². The maximum Gasteiger partial charge on any atom is 0.256 e. The summed E-state index contributed by atoms with van der Waals surface area (Å²) < 4.78 is 0. The minimum absolute atomic E-state index is 0.0294. The molecule has 0 unspecified atom stereocenters. The number of anilines is 1. The van der Waals surface area contributed by atoms with Gasteiger partial charge in [0.1, 0.15) is 0 Å². The van der Waals surface area contributed by atoms with Crippen LogP contribution in [0.2, 0.25) is 0 Å². The van der Waals surface area contributed by atoms with Crippen molar-refractivity contribution in [1.82, 2.24) is 15.2 Å². The van der Waals surface area contributed by atoms with Crippen LogP contribution in [0.25, 0.3) is 10.9 Å². The molecule has 0 spiro atoms. The Kier molecular flexibility index (Phi) is 3.93. The smallest absolute Gasteiger partial charge is 0.256 e. The molecule has 0 fully saturated rings. The van der Waals surface area contributed by atoms with Crippen molar-refractivity contribution in [2.24, 2.45) is 0 Å². The fraction of sp³-hybridized carbons (Fsp3) is 0.286. The number of aromatic nitrogens is 1. The van der Waals surface area contributed by atoms with Crippen molar-refractivity contribution in [3.8, 4) is 0 Å². The Morgan fingerprint density at radius 3 is 2.85 bits per heavy atom. The quantitative estimate of drug-likeness (QED) is 0.725. The molecule has 0 saturated carbocycles. The normalized spacial score (nSPS) is 10.5. The van der Waals surface area contributed by atoms with Gasteiger partial charge in [-0.2, -0.15) is 0 Å². The summed E-state index contributed by atoms with van der Waals surface area (Å²) in [6.07, 6.45) is 1.64. The van der Waals surface area contributed by atoms with E-state index in [-0.39, 0.29) is 18.4 Å². The van der Waals surface area contributed by atoms with E-state index < -0.39 is 0 Å². The number of carbonyl (C=O) groups is 2. The second kappa shape index (κ2) is 5.64. The van der Waals surface area contributed by atoms with Crippen LogP contribution < -0.4 is 11.1 Å². The third-order valence-corrected chi connectivity index (χ3v) is 3.04. The third kappa shape index (κ3) is 2.74. The molecule has 4 N–H and O–H groups in total. The minimum Gasteiger partial charge on any atom is -0.399 e. The molecule has 1 heterocycles. The van der Waals surface area contributed by atoms with Crippen LogP contribution in [0.15, 0.2) is 24.4 Å². The van der Waals surface area contributed by atoms with Crippen LogP contribution >= 0.6 is 0 Å². The molecule has 0 aliphatic rings. The van der Waals surface area contributed by atoms with E-state index in [1.54, 1.807) is 25.4 Å². The van der Waals surface area contributed by atoms with Crippen molar-refractivity contribution in [2.45, 2.75) is 6.92 Å². The van der Waals surface area contributed by atoms with Gasteiger partial charge in [-0.05, 0) is 25.1 Å². The van der Waals surface area contributed by atoms with E-state index in [1.165, 1.54) is 4.90 Å². The molecule has 20 heavy (non-hydrogen) atoms. The number of H-pyrrole nitrogens is 1. The number of nitrogens with zero attached hydrogens (tertiary/aromatic N) is 1. The molecular weight excluding hydrogens is 256 g/mol. The maximum atomic E-state index is 12.4. The van der Waals surface area contributed by atoms with Gasteiger partial charge < -0.3 is 20.9 Å². The van der Waals surface area contributed by atoms with Crippen LogP contribution in [0.4, 0.5) is 5.69 Å². The van der Waals surface area contributed by atoms with Gasteiger partial charge in [0.05, 0.1) is 12.1 Å². The lowest BCUT2D eigenvalue weighted by Crippen LogP contribution is -2.38. The Hall–Kier alpha value is -2.50. The predicted octanol–water partition coefficient (Wildman–Crippen LogP) is 0.958. The van der Waals surface area contributed by atoms with Crippen molar-refractivity contribution in [1.29, 1.82) is 0 Å². The van der Waals surface area contributed by atoms with Crippen molar-refractivity contribution in [3.05, 3.63) is 30.0 Å². The lowest BCUT2D eigenvalue weighted by molar-refractivity contribution is -0.121. The number of nitrogens with one attached hydrogen (secondary N) is 2. The molecule has 2 aromatic rings. The van der Waals surface area contributed by atoms with E-state index in [0.717, 1.165) is 10.9 Å². The fourth-order valence-electron chi connectivity index (χ4n) is 2.06. The van der Waals surface area contributed by atoms with Gasteiger partial charge in [-0.3, -0.25) is 9.59 Å². The molecule has 0 atom stereocenters. The van der Waals surface area contributed by atoms with E-state index in [1.807, 2.05) is 13.0 Å². The van der Waals surface area contributed by atoms with Gasteiger partial charge in [-0.1, -0.05) is 0 Å². The van der Waals surface area contributed by atoms with E-state index >= 15 is 0 Å². The minimum atomic E-state index is -0.215. The van der Waals surface area contributed by atoms with Gasteiger partial charge in [0, 0.05) is 36.4 Å². The molecule has 1 aromatic heterocycles.